The molecule has 1 N–H and O–H groups in total. The summed E-state index contributed by atoms with van der Waals surface area (Å²) in [4.78, 5) is 1.44. The quantitative estimate of drug-likeness (QED) is 0.810. The summed E-state index contributed by atoms with van der Waals surface area (Å²) in [5, 5.41) is 6.13. The lowest BCUT2D eigenvalue weighted by atomic mass is 9.87. The molecule has 1 aromatic heterocycles. The van der Waals surface area contributed by atoms with E-state index in [0.717, 1.165) is 18.4 Å². The maximum atomic E-state index is 3.78. The highest BCUT2D eigenvalue weighted by Gasteiger charge is 2.31. The van der Waals surface area contributed by atoms with E-state index in [9.17, 15) is 0 Å². The van der Waals surface area contributed by atoms with Gasteiger partial charge in [0.15, 0.2) is 0 Å². The van der Waals surface area contributed by atoms with E-state index in [1.54, 1.807) is 0 Å². The Balaban J connectivity index is 2.12. The van der Waals surface area contributed by atoms with E-state index in [1.807, 2.05) is 11.3 Å². The minimum atomic E-state index is 0.595. The molecule has 3 unspecified atom stereocenters. The van der Waals surface area contributed by atoms with Gasteiger partial charge >= 0.3 is 0 Å². The van der Waals surface area contributed by atoms with Crippen molar-refractivity contribution >= 4 is 11.3 Å². The molecule has 0 spiro atoms. The Hall–Kier alpha value is -0.340. The maximum Gasteiger partial charge on any atom is 0.0359 e. The van der Waals surface area contributed by atoms with Gasteiger partial charge in [-0.1, -0.05) is 26.7 Å². The van der Waals surface area contributed by atoms with Crippen LogP contribution in [-0.2, 0) is 0 Å². The average Bonchev–Trinajstić information content (AvgIpc) is 2.90. The molecule has 1 fully saturated rings. The molecule has 0 radical (unpaired) electrons. The number of thiophene rings is 1. The Kier molecular flexibility index (Phi) is 4.63. The predicted octanol–water partition coefficient (Wildman–Crippen LogP) is 4.53. The molecule has 96 valence electrons. The smallest absolute Gasteiger partial charge is 0.0359 e. The van der Waals surface area contributed by atoms with Crippen molar-refractivity contribution in [3.8, 4) is 0 Å². The van der Waals surface area contributed by atoms with Crippen molar-refractivity contribution in [1.82, 2.24) is 5.32 Å². The van der Waals surface area contributed by atoms with Gasteiger partial charge in [-0.2, -0.15) is 0 Å². The van der Waals surface area contributed by atoms with Crippen molar-refractivity contribution in [1.29, 1.82) is 0 Å². The molecule has 1 heterocycles. The summed E-state index contributed by atoms with van der Waals surface area (Å²) in [6.07, 6.45) is 5.45. The monoisotopic (exact) mass is 251 g/mol. The van der Waals surface area contributed by atoms with E-state index in [0.29, 0.717) is 6.04 Å². The molecule has 1 aliphatic rings. The predicted molar refractivity (Wildman–Crippen MR) is 76.6 cm³/mol. The topological polar surface area (TPSA) is 12.0 Å². The molecule has 1 aromatic rings. The summed E-state index contributed by atoms with van der Waals surface area (Å²) >= 11 is 1.89. The van der Waals surface area contributed by atoms with Crippen LogP contribution in [0.25, 0.3) is 0 Å². The SMILES string of the molecule is CCCNC(c1csc(C)c1)C1CCCC1C. The van der Waals surface area contributed by atoms with Gasteiger partial charge in [-0.25, -0.2) is 0 Å². The summed E-state index contributed by atoms with van der Waals surface area (Å²) in [5.74, 6) is 1.72. The zero-order chi connectivity index (χ0) is 12.3. The minimum absolute atomic E-state index is 0.595. The molecule has 2 rings (SSSR count). The molecule has 0 bridgehead atoms. The maximum absolute atomic E-state index is 3.78. The van der Waals surface area contributed by atoms with Crippen LogP contribution in [0.2, 0.25) is 0 Å². The van der Waals surface area contributed by atoms with Crippen LogP contribution in [0.5, 0.6) is 0 Å². The number of hydrogen-bond donors (Lipinski definition) is 1. The molecule has 1 aliphatic carbocycles. The van der Waals surface area contributed by atoms with Gasteiger partial charge in [0.2, 0.25) is 0 Å². The van der Waals surface area contributed by atoms with Gasteiger partial charge in [-0.3, -0.25) is 0 Å². The number of rotatable bonds is 5. The fraction of sp³-hybridized carbons (Fsp3) is 0.733. The minimum Gasteiger partial charge on any atom is -0.310 e. The Morgan fingerprint density at radius 1 is 1.47 bits per heavy atom. The highest BCUT2D eigenvalue weighted by Crippen LogP contribution is 2.40. The van der Waals surface area contributed by atoms with Crippen LogP contribution in [0.3, 0.4) is 0 Å². The molecule has 3 atom stereocenters. The average molecular weight is 251 g/mol. The lowest BCUT2D eigenvalue weighted by Crippen LogP contribution is -2.30. The van der Waals surface area contributed by atoms with E-state index < -0.39 is 0 Å². The lowest BCUT2D eigenvalue weighted by molar-refractivity contribution is 0.302. The molecule has 0 aromatic carbocycles. The standard InChI is InChI=1S/C15H25NS/c1-4-8-16-15(13-9-12(3)17-10-13)14-7-5-6-11(14)2/h9-11,14-16H,4-8H2,1-3H3. The second kappa shape index (κ2) is 6.01. The van der Waals surface area contributed by atoms with Gasteiger partial charge in [-0.15, -0.1) is 11.3 Å². The summed E-state index contributed by atoms with van der Waals surface area (Å²) in [5.41, 5.74) is 1.53. The van der Waals surface area contributed by atoms with Gasteiger partial charge in [-0.05, 0) is 55.2 Å². The molecular formula is C15H25NS. The second-order valence-corrected chi connectivity index (χ2v) is 6.61. The molecule has 2 heteroatoms. The van der Waals surface area contributed by atoms with Gasteiger partial charge in [0.1, 0.15) is 0 Å². The molecular weight excluding hydrogens is 226 g/mol. The number of hydrogen-bond acceptors (Lipinski definition) is 2. The van der Waals surface area contributed by atoms with Crippen molar-refractivity contribution in [2.45, 2.75) is 52.5 Å². The fourth-order valence-electron chi connectivity index (χ4n) is 3.11. The first kappa shape index (κ1) is 13.1. The van der Waals surface area contributed by atoms with Crippen LogP contribution in [0, 0.1) is 18.8 Å². The first-order valence-electron chi connectivity index (χ1n) is 7.00. The first-order chi connectivity index (χ1) is 8.22. The van der Waals surface area contributed by atoms with Gasteiger partial charge in [0.05, 0.1) is 0 Å². The zero-order valence-corrected chi connectivity index (χ0v) is 12.1. The van der Waals surface area contributed by atoms with Crippen LogP contribution in [0.1, 0.15) is 56.0 Å². The summed E-state index contributed by atoms with van der Waals surface area (Å²) < 4.78 is 0. The van der Waals surface area contributed by atoms with Crippen LogP contribution < -0.4 is 5.32 Å². The van der Waals surface area contributed by atoms with Crippen LogP contribution in [0.15, 0.2) is 11.4 Å². The van der Waals surface area contributed by atoms with Crippen molar-refractivity contribution in [2.24, 2.45) is 11.8 Å². The normalized spacial score (nSPS) is 26.3. The third-order valence-electron chi connectivity index (χ3n) is 4.08. The summed E-state index contributed by atoms with van der Waals surface area (Å²) in [6.45, 7) is 8.03. The van der Waals surface area contributed by atoms with E-state index in [1.165, 1.54) is 36.1 Å². The third-order valence-corrected chi connectivity index (χ3v) is 4.96. The van der Waals surface area contributed by atoms with E-state index >= 15 is 0 Å². The summed E-state index contributed by atoms with van der Waals surface area (Å²) in [6, 6.07) is 2.97. The highest BCUT2D eigenvalue weighted by molar-refractivity contribution is 7.10. The van der Waals surface area contributed by atoms with E-state index in [4.69, 9.17) is 0 Å². The largest absolute Gasteiger partial charge is 0.310 e. The van der Waals surface area contributed by atoms with Crippen molar-refractivity contribution in [2.75, 3.05) is 6.54 Å². The molecule has 1 saturated carbocycles. The van der Waals surface area contributed by atoms with Gasteiger partial charge in [0, 0.05) is 10.9 Å². The van der Waals surface area contributed by atoms with Crippen molar-refractivity contribution < 1.29 is 0 Å². The summed E-state index contributed by atoms with van der Waals surface area (Å²) in [7, 11) is 0. The van der Waals surface area contributed by atoms with Crippen LogP contribution in [-0.4, -0.2) is 6.54 Å². The van der Waals surface area contributed by atoms with Gasteiger partial charge < -0.3 is 5.32 Å². The Bertz CT molecular complexity index is 344. The number of aryl methyl sites for hydroxylation is 1. The Labute approximate surface area is 110 Å². The second-order valence-electron chi connectivity index (χ2n) is 5.49. The van der Waals surface area contributed by atoms with Gasteiger partial charge in [0.25, 0.3) is 0 Å². The lowest BCUT2D eigenvalue weighted by Gasteiger charge is -2.27. The Morgan fingerprint density at radius 3 is 2.82 bits per heavy atom. The third kappa shape index (κ3) is 3.11. The van der Waals surface area contributed by atoms with Crippen LogP contribution in [0.4, 0.5) is 0 Å². The van der Waals surface area contributed by atoms with Crippen molar-refractivity contribution in [3.05, 3.63) is 21.9 Å². The van der Waals surface area contributed by atoms with Crippen LogP contribution >= 0.6 is 11.3 Å². The molecule has 0 amide bonds. The Morgan fingerprint density at radius 2 is 2.29 bits per heavy atom. The van der Waals surface area contributed by atoms with E-state index in [-0.39, 0.29) is 0 Å². The fourth-order valence-corrected chi connectivity index (χ4v) is 3.85. The first-order valence-corrected chi connectivity index (χ1v) is 7.88. The molecule has 17 heavy (non-hydrogen) atoms. The molecule has 0 aliphatic heterocycles. The van der Waals surface area contributed by atoms with E-state index in [2.05, 4.69) is 37.5 Å². The zero-order valence-electron chi connectivity index (χ0n) is 11.3. The molecule has 1 nitrogen and oxygen atoms in total. The van der Waals surface area contributed by atoms with Crippen molar-refractivity contribution in [3.63, 3.8) is 0 Å². The molecule has 0 saturated heterocycles. The number of nitrogens with one attached hydrogen (secondary N) is 1. The highest BCUT2D eigenvalue weighted by atomic mass is 32.1.